The maximum Gasteiger partial charge on any atom is 0.310 e. The molecule has 0 radical (unpaired) electrons. The lowest BCUT2D eigenvalue weighted by Crippen LogP contribution is -2.58. The van der Waals surface area contributed by atoms with Crippen LogP contribution in [-0.2, 0) is 30.4 Å². The molecule has 5 rings (SSSR count). The zero-order chi connectivity index (χ0) is 27.1. The summed E-state index contributed by atoms with van der Waals surface area (Å²) in [5.41, 5.74) is 2.94. The fraction of sp³-hybridized carbons (Fsp3) is 0.258. The number of morpholine rings is 1. The van der Waals surface area contributed by atoms with Gasteiger partial charge in [-0.15, -0.1) is 0 Å². The first kappa shape index (κ1) is 26.3. The molecule has 0 aliphatic carbocycles. The van der Waals surface area contributed by atoms with Crippen LogP contribution in [0.4, 0.5) is 5.88 Å². The molecule has 0 atom stereocenters. The Morgan fingerprint density at radius 2 is 1.46 bits per heavy atom. The van der Waals surface area contributed by atoms with E-state index in [1.54, 1.807) is 6.07 Å². The zero-order valence-electron chi connectivity index (χ0n) is 21.5. The van der Waals surface area contributed by atoms with Gasteiger partial charge in [0, 0.05) is 5.56 Å². The summed E-state index contributed by atoms with van der Waals surface area (Å²) in [6.45, 7) is 1.89. The van der Waals surface area contributed by atoms with Gasteiger partial charge in [0.05, 0.1) is 37.5 Å². The molecule has 3 aromatic carbocycles. The lowest BCUT2D eigenvalue weighted by atomic mass is 10.0. The van der Waals surface area contributed by atoms with Crippen LogP contribution >= 0.6 is 0 Å². The Kier molecular flexibility index (Phi) is 8.15. The van der Waals surface area contributed by atoms with E-state index >= 15 is 0 Å². The second-order valence-corrected chi connectivity index (χ2v) is 9.49. The molecule has 200 valence electrons. The van der Waals surface area contributed by atoms with Gasteiger partial charge in [-0.1, -0.05) is 72.8 Å². The lowest BCUT2D eigenvalue weighted by Gasteiger charge is -2.37. The molecule has 4 aromatic rings. The van der Waals surface area contributed by atoms with E-state index in [-0.39, 0.29) is 36.1 Å². The Morgan fingerprint density at radius 1 is 0.795 bits per heavy atom. The van der Waals surface area contributed by atoms with Gasteiger partial charge >= 0.3 is 17.8 Å². The maximum absolute atomic E-state index is 13.2. The van der Waals surface area contributed by atoms with Gasteiger partial charge in [0.25, 0.3) is 0 Å². The van der Waals surface area contributed by atoms with Gasteiger partial charge in [0.15, 0.2) is 11.0 Å². The second kappa shape index (κ2) is 12.1. The van der Waals surface area contributed by atoms with E-state index in [0.717, 1.165) is 16.7 Å². The summed E-state index contributed by atoms with van der Waals surface area (Å²) in [5.74, 6) is -0.585. The molecule has 0 amide bonds. The third-order valence-electron chi connectivity index (χ3n) is 6.87. The van der Waals surface area contributed by atoms with E-state index in [9.17, 15) is 14.4 Å². The topological polar surface area (TPSA) is 92.0 Å². The fourth-order valence-corrected chi connectivity index (χ4v) is 4.63. The van der Waals surface area contributed by atoms with Crippen LogP contribution in [0.1, 0.15) is 18.4 Å². The Hall–Kier alpha value is -4.27. The number of esters is 2. The van der Waals surface area contributed by atoms with Crippen molar-refractivity contribution in [1.82, 2.24) is 4.48 Å². The van der Waals surface area contributed by atoms with E-state index in [2.05, 4.69) is 0 Å². The number of rotatable bonds is 9. The molecule has 1 fully saturated rings. The Bertz CT molecular complexity index is 1490. The minimum absolute atomic E-state index is 0.0385. The van der Waals surface area contributed by atoms with Crippen molar-refractivity contribution < 1.29 is 28.2 Å². The fourth-order valence-electron chi connectivity index (χ4n) is 4.63. The smallest absolute Gasteiger partial charge is 0.310 e. The highest BCUT2D eigenvalue weighted by Gasteiger charge is 2.38. The largest absolute Gasteiger partial charge is 0.461 e. The first-order valence-electron chi connectivity index (χ1n) is 13.0. The van der Waals surface area contributed by atoms with Crippen molar-refractivity contribution in [3.8, 4) is 11.1 Å². The molecular formula is C31H30NO7+. The summed E-state index contributed by atoms with van der Waals surface area (Å²) in [6.07, 6.45) is -0.190. The Balaban J connectivity index is 1.31. The number of ether oxygens (including phenoxy) is 3. The average Bonchev–Trinajstić information content (AvgIpc) is 2.99. The quantitative estimate of drug-likeness (QED) is 0.227. The molecule has 2 heterocycles. The van der Waals surface area contributed by atoms with Gasteiger partial charge in [0.2, 0.25) is 6.73 Å². The number of carbonyl (C=O) groups excluding carboxylic acids is 2. The third kappa shape index (κ3) is 6.25. The van der Waals surface area contributed by atoms with Crippen LogP contribution in [0.3, 0.4) is 0 Å². The molecule has 1 saturated heterocycles. The van der Waals surface area contributed by atoms with Crippen LogP contribution in [0.15, 0.2) is 94.1 Å². The summed E-state index contributed by atoms with van der Waals surface area (Å²) < 4.78 is 23.0. The highest BCUT2D eigenvalue weighted by atomic mass is 16.6. The molecule has 0 spiro atoms. The van der Waals surface area contributed by atoms with Crippen molar-refractivity contribution in [2.24, 2.45) is 0 Å². The molecule has 8 heteroatoms. The van der Waals surface area contributed by atoms with Gasteiger partial charge in [-0.25, -0.2) is 4.48 Å². The highest BCUT2D eigenvalue weighted by Crippen LogP contribution is 2.32. The SMILES string of the molecule is O=C(CCC(=O)OC[N+]1(c2cc(=O)c3cccc(-c4ccccc4)c3o2)CCOCC1)OCc1ccccc1. The maximum atomic E-state index is 13.2. The summed E-state index contributed by atoms with van der Waals surface area (Å²) in [4.78, 5) is 37.9. The van der Waals surface area contributed by atoms with E-state index in [1.807, 2.05) is 72.8 Å². The van der Waals surface area contributed by atoms with Crippen molar-refractivity contribution in [3.63, 3.8) is 0 Å². The summed E-state index contributed by atoms with van der Waals surface area (Å²) in [6, 6.07) is 26.1. The van der Waals surface area contributed by atoms with Crippen molar-refractivity contribution in [3.05, 3.63) is 101 Å². The number of carbonyl (C=O) groups is 2. The molecule has 1 aliphatic heterocycles. The van der Waals surface area contributed by atoms with Crippen molar-refractivity contribution in [2.45, 2.75) is 19.4 Å². The summed E-state index contributed by atoms with van der Waals surface area (Å²) in [5, 5.41) is 0.484. The van der Waals surface area contributed by atoms with Gasteiger partial charge < -0.3 is 18.6 Å². The number of nitrogens with zero attached hydrogens (tertiary/aromatic N) is 1. The van der Waals surface area contributed by atoms with Crippen molar-refractivity contribution in [2.75, 3.05) is 33.0 Å². The summed E-state index contributed by atoms with van der Waals surface area (Å²) in [7, 11) is 0. The van der Waals surface area contributed by atoms with Crippen LogP contribution in [0.5, 0.6) is 0 Å². The Labute approximate surface area is 225 Å². The van der Waals surface area contributed by atoms with Gasteiger partial charge in [-0.3, -0.25) is 14.4 Å². The number of benzene rings is 3. The van der Waals surface area contributed by atoms with Crippen LogP contribution in [0.2, 0.25) is 0 Å². The first-order chi connectivity index (χ1) is 19.0. The highest BCUT2D eigenvalue weighted by molar-refractivity contribution is 5.92. The number of hydrogen-bond acceptors (Lipinski definition) is 7. The molecule has 8 nitrogen and oxygen atoms in total. The molecule has 1 aromatic heterocycles. The standard InChI is InChI=1S/C31H30NO7/c33-27-20-28(39-31-25(12-7-13-26(27)31)24-10-5-2-6-11-24)32(16-18-36-19-17-32)22-38-30(35)15-14-29(34)37-21-23-8-3-1-4-9-23/h1-13,20H,14-19,21-22H2/q+1. The lowest BCUT2D eigenvalue weighted by molar-refractivity contribution is -0.155. The minimum atomic E-state index is -0.524. The molecule has 0 bridgehead atoms. The van der Waals surface area contributed by atoms with Gasteiger partial charge in [-0.05, 0) is 17.2 Å². The number of para-hydroxylation sites is 1. The molecule has 0 N–H and O–H groups in total. The monoisotopic (exact) mass is 528 g/mol. The average molecular weight is 529 g/mol. The first-order valence-corrected chi connectivity index (χ1v) is 13.0. The number of hydrogen-bond donors (Lipinski definition) is 0. The zero-order valence-corrected chi connectivity index (χ0v) is 21.5. The van der Waals surface area contributed by atoms with Gasteiger partial charge in [0.1, 0.15) is 19.7 Å². The molecule has 1 aliphatic rings. The van der Waals surface area contributed by atoms with Crippen LogP contribution < -0.4 is 9.91 Å². The number of fused-ring (bicyclic) bond motifs is 1. The van der Waals surface area contributed by atoms with E-state index in [0.29, 0.717) is 43.2 Å². The molecule has 0 unspecified atom stereocenters. The number of quaternary nitrogens is 1. The predicted molar refractivity (Wildman–Crippen MR) is 147 cm³/mol. The van der Waals surface area contributed by atoms with Crippen LogP contribution in [0.25, 0.3) is 22.1 Å². The Morgan fingerprint density at radius 3 is 2.18 bits per heavy atom. The van der Waals surface area contributed by atoms with Crippen molar-refractivity contribution >= 4 is 28.8 Å². The van der Waals surface area contributed by atoms with Crippen LogP contribution in [0, 0.1) is 0 Å². The molecule has 0 saturated carbocycles. The molecule has 39 heavy (non-hydrogen) atoms. The van der Waals surface area contributed by atoms with Crippen LogP contribution in [-0.4, -0.2) is 45.0 Å². The van der Waals surface area contributed by atoms with E-state index < -0.39 is 11.9 Å². The normalized spacial score (nSPS) is 14.6. The minimum Gasteiger partial charge on any atom is -0.461 e. The second-order valence-electron chi connectivity index (χ2n) is 9.49. The third-order valence-corrected chi connectivity index (χ3v) is 6.87. The summed E-state index contributed by atoms with van der Waals surface area (Å²) >= 11 is 0. The predicted octanol–water partition coefficient (Wildman–Crippen LogP) is 4.82. The van der Waals surface area contributed by atoms with Crippen molar-refractivity contribution in [1.29, 1.82) is 0 Å². The van der Waals surface area contributed by atoms with Gasteiger partial charge in [-0.2, -0.15) is 0 Å². The molecular weight excluding hydrogens is 498 g/mol. The van der Waals surface area contributed by atoms with E-state index in [1.165, 1.54) is 6.07 Å². The van der Waals surface area contributed by atoms with E-state index in [4.69, 9.17) is 18.6 Å².